The highest BCUT2D eigenvalue weighted by Gasteiger charge is 2.17. The van der Waals surface area contributed by atoms with E-state index in [1.54, 1.807) is 12.4 Å². The first-order chi connectivity index (χ1) is 14.8. The number of benzene rings is 1. The first-order valence-electron chi connectivity index (χ1n) is 10.9. The fourth-order valence-corrected chi connectivity index (χ4v) is 4.30. The number of anilines is 2. The van der Waals surface area contributed by atoms with Gasteiger partial charge in [0, 0.05) is 62.4 Å². The van der Waals surface area contributed by atoms with Crippen LogP contribution in [0.5, 0.6) is 0 Å². The van der Waals surface area contributed by atoms with Crippen molar-refractivity contribution in [1.29, 1.82) is 0 Å². The van der Waals surface area contributed by atoms with Gasteiger partial charge < -0.3 is 20.4 Å². The van der Waals surface area contributed by atoms with Gasteiger partial charge in [-0.25, -0.2) is 9.97 Å². The lowest BCUT2D eigenvalue weighted by molar-refractivity contribution is 0.313. The summed E-state index contributed by atoms with van der Waals surface area (Å²) in [5, 5.41) is 7.07. The van der Waals surface area contributed by atoms with E-state index in [0.29, 0.717) is 6.04 Å². The first-order valence-corrected chi connectivity index (χ1v) is 10.9. The lowest BCUT2D eigenvalue weighted by Crippen LogP contribution is -2.44. The van der Waals surface area contributed by atoms with Crippen molar-refractivity contribution in [3.8, 4) is 11.3 Å². The number of rotatable bonds is 4. The van der Waals surface area contributed by atoms with Crippen molar-refractivity contribution in [2.45, 2.75) is 18.9 Å². The normalized spacial score (nSPS) is 20.4. The van der Waals surface area contributed by atoms with Crippen LogP contribution in [0.1, 0.15) is 12.8 Å². The van der Waals surface area contributed by atoms with Gasteiger partial charge in [0.1, 0.15) is 5.52 Å². The van der Waals surface area contributed by atoms with Gasteiger partial charge in [-0.05, 0) is 44.6 Å². The van der Waals surface area contributed by atoms with Crippen LogP contribution in [0.15, 0.2) is 42.7 Å². The van der Waals surface area contributed by atoms with Gasteiger partial charge >= 0.3 is 0 Å². The average Bonchev–Trinajstić information content (AvgIpc) is 2.80. The van der Waals surface area contributed by atoms with Crippen molar-refractivity contribution in [1.82, 2.24) is 25.2 Å². The molecule has 2 N–H and O–H groups in total. The summed E-state index contributed by atoms with van der Waals surface area (Å²) in [6.07, 6.45) is 5.79. The largest absolute Gasteiger partial charge is 0.369 e. The molecule has 1 atom stereocenters. The number of likely N-dealkylation sites (N-methyl/N-ethyl adjacent to an activating group) is 1. The van der Waals surface area contributed by atoms with Gasteiger partial charge in [0.15, 0.2) is 5.82 Å². The summed E-state index contributed by atoms with van der Waals surface area (Å²) in [7, 11) is 2.18. The minimum absolute atomic E-state index is 0.367. The van der Waals surface area contributed by atoms with Gasteiger partial charge in [-0.2, -0.15) is 0 Å². The zero-order chi connectivity index (χ0) is 20.3. The van der Waals surface area contributed by atoms with E-state index in [1.165, 1.54) is 12.1 Å². The number of nitrogens with zero attached hydrogens (tertiary/aromatic N) is 5. The third kappa shape index (κ3) is 4.08. The summed E-state index contributed by atoms with van der Waals surface area (Å²) in [6.45, 7) is 6.40. The van der Waals surface area contributed by atoms with E-state index in [9.17, 15) is 0 Å². The maximum Gasteiger partial charge on any atom is 0.155 e. The summed E-state index contributed by atoms with van der Waals surface area (Å²) in [5.74, 6) is 0.826. The molecule has 2 aliphatic heterocycles. The lowest BCUT2D eigenvalue weighted by atomic mass is 10.1. The van der Waals surface area contributed by atoms with Crippen LogP contribution in [0, 0.1) is 0 Å². The number of fused-ring (bicyclic) bond motifs is 1. The highest BCUT2D eigenvalue weighted by Crippen LogP contribution is 2.28. The highest BCUT2D eigenvalue weighted by molar-refractivity contribution is 5.88. The van der Waals surface area contributed by atoms with Gasteiger partial charge in [-0.15, -0.1) is 0 Å². The van der Waals surface area contributed by atoms with Crippen LogP contribution in [0.3, 0.4) is 0 Å². The Labute approximate surface area is 177 Å². The first kappa shape index (κ1) is 19.2. The van der Waals surface area contributed by atoms with Crippen molar-refractivity contribution in [2.75, 3.05) is 56.5 Å². The monoisotopic (exact) mass is 403 g/mol. The molecule has 4 heterocycles. The van der Waals surface area contributed by atoms with Gasteiger partial charge in [-0.3, -0.25) is 4.98 Å². The third-order valence-corrected chi connectivity index (χ3v) is 6.13. The van der Waals surface area contributed by atoms with Crippen LogP contribution < -0.4 is 15.5 Å². The van der Waals surface area contributed by atoms with Gasteiger partial charge in [0.2, 0.25) is 0 Å². The van der Waals surface area contributed by atoms with Crippen LogP contribution in [0.2, 0.25) is 0 Å². The smallest absolute Gasteiger partial charge is 0.155 e. The molecule has 7 nitrogen and oxygen atoms in total. The molecule has 0 spiro atoms. The van der Waals surface area contributed by atoms with Gasteiger partial charge in [0.05, 0.1) is 11.2 Å². The Morgan fingerprint density at radius 1 is 1.03 bits per heavy atom. The molecule has 3 aromatic rings. The Morgan fingerprint density at radius 3 is 2.60 bits per heavy atom. The quantitative estimate of drug-likeness (QED) is 0.694. The number of hydrogen-bond acceptors (Lipinski definition) is 7. The zero-order valence-electron chi connectivity index (χ0n) is 17.5. The molecule has 1 aromatic carbocycles. The Balaban J connectivity index is 1.43. The molecule has 2 saturated heterocycles. The predicted molar refractivity (Wildman–Crippen MR) is 122 cm³/mol. The molecule has 0 bridgehead atoms. The Hall–Kier alpha value is -2.77. The lowest BCUT2D eigenvalue weighted by Gasteiger charge is -2.34. The van der Waals surface area contributed by atoms with Crippen LogP contribution in [-0.4, -0.2) is 72.2 Å². The van der Waals surface area contributed by atoms with E-state index in [2.05, 4.69) is 61.7 Å². The number of piperazine rings is 1. The Bertz CT molecular complexity index is 990. The topological polar surface area (TPSA) is 69.2 Å². The molecular formula is C23H29N7. The molecule has 156 valence electrons. The highest BCUT2D eigenvalue weighted by atomic mass is 15.2. The molecule has 7 heteroatoms. The molecular weight excluding hydrogens is 374 g/mol. The maximum absolute atomic E-state index is 4.96. The van der Waals surface area contributed by atoms with E-state index < -0.39 is 0 Å². The van der Waals surface area contributed by atoms with Crippen LogP contribution >= 0.6 is 0 Å². The number of piperidine rings is 1. The fraction of sp³-hybridized carbons (Fsp3) is 0.435. The maximum atomic E-state index is 4.96. The van der Waals surface area contributed by atoms with E-state index in [4.69, 9.17) is 4.98 Å². The third-order valence-electron chi connectivity index (χ3n) is 6.13. The molecule has 0 unspecified atom stereocenters. The molecule has 2 aliphatic rings. The number of aromatic nitrogens is 3. The second kappa shape index (κ2) is 8.53. The van der Waals surface area contributed by atoms with E-state index in [0.717, 1.165) is 73.8 Å². The molecule has 5 rings (SSSR count). The van der Waals surface area contributed by atoms with Crippen molar-refractivity contribution in [2.24, 2.45) is 0 Å². The minimum atomic E-state index is 0.367. The summed E-state index contributed by atoms with van der Waals surface area (Å²) in [6, 6.07) is 11.2. The minimum Gasteiger partial charge on any atom is -0.369 e. The van der Waals surface area contributed by atoms with E-state index >= 15 is 0 Å². The number of nitrogens with one attached hydrogen (secondary N) is 2. The van der Waals surface area contributed by atoms with Gasteiger partial charge in [0.25, 0.3) is 0 Å². The SMILES string of the molecule is CN1CCN(c2ccc(-c3cc4nccnc4c(N[C@H]4CCCNC4)n3)cc2)CC1. The fourth-order valence-electron chi connectivity index (χ4n) is 4.30. The number of pyridine rings is 1. The van der Waals surface area contributed by atoms with Crippen LogP contribution in [0.25, 0.3) is 22.3 Å². The Kier molecular flexibility index (Phi) is 5.46. The number of hydrogen-bond donors (Lipinski definition) is 2. The standard InChI is InChI=1S/C23H29N7/c1-29-11-13-30(14-12-29)19-6-4-17(5-7-19)20-15-21-22(26-10-9-25-21)23(28-20)27-18-3-2-8-24-16-18/h4-7,9-10,15,18,24H,2-3,8,11-14,16H2,1H3,(H,27,28)/t18-/m0/s1. The van der Waals surface area contributed by atoms with Crippen molar-refractivity contribution < 1.29 is 0 Å². The summed E-state index contributed by atoms with van der Waals surface area (Å²) >= 11 is 0. The average molecular weight is 404 g/mol. The second-order valence-electron chi connectivity index (χ2n) is 8.30. The van der Waals surface area contributed by atoms with Gasteiger partial charge in [-0.1, -0.05) is 12.1 Å². The Morgan fingerprint density at radius 2 is 1.83 bits per heavy atom. The van der Waals surface area contributed by atoms with Crippen molar-refractivity contribution in [3.05, 3.63) is 42.7 Å². The molecule has 0 radical (unpaired) electrons. The second-order valence-corrected chi connectivity index (χ2v) is 8.30. The van der Waals surface area contributed by atoms with Crippen LogP contribution in [0.4, 0.5) is 11.5 Å². The molecule has 0 saturated carbocycles. The van der Waals surface area contributed by atoms with E-state index in [1.807, 2.05) is 6.07 Å². The van der Waals surface area contributed by atoms with E-state index in [-0.39, 0.29) is 0 Å². The molecule has 2 fully saturated rings. The predicted octanol–water partition coefficient (Wildman–Crippen LogP) is 2.61. The molecule has 0 aliphatic carbocycles. The van der Waals surface area contributed by atoms with Crippen molar-refractivity contribution in [3.63, 3.8) is 0 Å². The zero-order valence-corrected chi connectivity index (χ0v) is 17.5. The van der Waals surface area contributed by atoms with Crippen LogP contribution in [-0.2, 0) is 0 Å². The summed E-state index contributed by atoms with van der Waals surface area (Å²) in [5.41, 5.74) is 5.02. The molecule has 30 heavy (non-hydrogen) atoms. The van der Waals surface area contributed by atoms with Crippen molar-refractivity contribution >= 4 is 22.5 Å². The summed E-state index contributed by atoms with van der Waals surface area (Å²) < 4.78 is 0. The molecule has 2 aromatic heterocycles. The summed E-state index contributed by atoms with van der Waals surface area (Å²) in [4.78, 5) is 18.9. The molecule has 0 amide bonds.